The van der Waals surface area contributed by atoms with Gasteiger partial charge in [0.15, 0.2) is 0 Å². The van der Waals surface area contributed by atoms with E-state index in [0.717, 1.165) is 27.3 Å². The summed E-state index contributed by atoms with van der Waals surface area (Å²) in [5.74, 6) is -0.972. The first-order valence-electron chi connectivity index (χ1n) is 9.51. The molecule has 1 aliphatic rings. The van der Waals surface area contributed by atoms with Crippen LogP contribution < -0.4 is 10.7 Å². The van der Waals surface area contributed by atoms with Crippen LogP contribution in [0.4, 0.5) is 4.79 Å². The number of aryl methyl sites for hydroxylation is 2. The van der Waals surface area contributed by atoms with Gasteiger partial charge in [0.05, 0.1) is 12.1 Å². The van der Waals surface area contributed by atoms with Crippen LogP contribution in [0, 0.1) is 13.8 Å². The standard InChI is InChI=1S/C22H21N5O3/c1-14-3-7-16(8-4-14)11-26-12-18(20(24-26)17-9-5-15(2)6-10-17)21(29)25-27-13-19(28)23-22(27)30/h3-10,12H,11,13H2,1-2H3,(H,25,29)(H,23,28,30). The van der Waals surface area contributed by atoms with E-state index in [1.807, 2.05) is 62.4 Å². The average molecular weight is 403 g/mol. The Morgan fingerprint density at radius 3 is 2.27 bits per heavy atom. The molecule has 0 atom stereocenters. The summed E-state index contributed by atoms with van der Waals surface area (Å²) in [7, 11) is 0. The third-order valence-electron chi connectivity index (χ3n) is 4.83. The summed E-state index contributed by atoms with van der Waals surface area (Å²) in [4.78, 5) is 36.1. The highest BCUT2D eigenvalue weighted by Gasteiger charge is 2.29. The summed E-state index contributed by atoms with van der Waals surface area (Å²) in [6, 6.07) is 15.1. The van der Waals surface area contributed by atoms with Crippen LogP contribution >= 0.6 is 0 Å². The van der Waals surface area contributed by atoms with Gasteiger partial charge in [-0.15, -0.1) is 0 Å². The smallest absolute Gasteiger partial charge is 0.275 e. The Morgan fingerprint density at radius 1 is 1.03 bits per heavy atom. The molecular formula is C22H21N5O3. The van der Waals surface area contributed by atoms with Crippen LogP contribution in [0.5, 0.6) is 0 Å². The Balaban J connectivity index is 1.66. The fourth-order valence-corrected chi connectivity index (χ4v) is 3.19. The molecule has 2 N–H and O–H groups in total. The zero-order chi connectivity index (χ0) is 21.3. The monoisotopic (exact) mass is 403 g/mol. The van der Waals surface area contributed by atoms with E-state index in [0.29, 0.717) is 17.8 Å². The van der Waals surface area contributed by atoms with Gasteiger partial charge in [-0.1, -0.05) is 59.7 Å². The fraction of sp³-hybridized carbons (Fsp3) is 0.182. The lowest BCUT2D eigenvalue weighted by molar-refractivity contribution is -0.118. The summed E-state index contributed by atoms with van der Waals surface area (Å²) in [6.07, 6.45) is 1.65. The van der Waals surface area contributed by atoms with Gasteiger partial charge in [-0.25, -0.2) is 9.80 Å². The zero-order valence-corrected chi connectivity index (χ0v) is 16.7. The number of hydrogen-bond acceptors (Lipinski definition) is 4. The molecule has 0 saturated carbocycles. The van der Waals surface area contributed by atoms with Crippen LogP contribution in [0.2, 0.25) is 0 Å². The molecule has 2 aromatic carbocycles. The van der Waals surface area contributed by atoms with Gasteiger partial charge >= 0.3 is 6.03 Å². The Hall–Kier alpha value is -3.94. The largest absolute Gasteiger partial charge is 0.343 e. The highest BCUT2D eigenvalue weighted by atomic mass is 16.2. The lowest BCUT2D eigenvalue weighted by atomic mass is 10.1. The summed E-state index contributed by atoms with van der Waals surface area (Å²) in [5.41, 5.74) is 7.41. The summed E-state index contributed by atoms with van der Waals surface area (Å²) < 4.78 is 1.70. The minimum Gasteiger partial charge on any atom is -0.275 e. The highest BCUT2D eigenvalue weighted by molar-refractivity contribution is 6.05. The first-order valence-corrected chi connectivity index (χ1v) is 9.51. The maximum Gasteiger partial charge on any atom is 0.343 e. The molecule has 1 aliphatic heterocycles. The van der Waals surface area contributed by atoms with Crippen molar-refractivity contribution in [3.05, 3.63) is 77.0 Å². The van der Waals surface area contributed by atoms with Crippen molar-refractivity contribution in [2.75, 3.05) is 6.54 Å². The number of aromatic nitrogens is 2. The molecule has 3 aromatic rings. The van der Waals surface area contributed by atoms with E-state index in [9.17, 15) is 14.4 Å². The summed E-state index contributed by atoms with van der Waals surface area (Å²) >= 11 is 0. The van der Waals surface area contributed by atoms with Gasteiger partial charge < -0.3 is 0 Å². The van der Waals surface area contributed by atoms with Crippen LogP contribution in [-0.2, 0) is 11.3 Å². The quantitative estimate of drug-likeness (QED) is 0.640. The van der Waals surface area contributed by atoms with Crippen molar-refractivity contribution >= 4 is 17.8 Å². The molecule has 1 aromatic heterocycles. The molecule has 1 saturated heterocycles. The van der Waals surface area contributed by atoms with Crippen molar-refractivity contribution in [3.63, 3.8) is 0 Å². The second-order valence-corrected chi connectivity index (χ2v) is 7.32. The van der Waals surface area contributed by atoms with Gasteiger partial charge in [-0.3, -0.25) is 25.0 Å². The second-order valence-electron chi connectivity index (χ2n) is 7.32. The fourth-order valence-electron chi connectivity index (χ4n) is 3.19. The van der Waals surface area contributed by atoms with Gasteiger partial charge in [0.2, 0.25) is 5.91 Å². The maximum absolute atomic E-state index is 12.9. The number of imide groups is 1. The van der Waals surface area contributed by atoms with Gasteiger partial charge in [0.1, 0.15) is 12.2 Å². The molecule has 1 fully saturated rings. The van der Waals surface area contributed by atoms with Crippen LogP contribution in [0.1, 0.15) is 27.0 Å². The van der Waals surface area contributed by atoms with Gasteiger partial charge in [0.25, 0.3) is 5.91 Å². The minimum atomic E-state index is -0.655. The predicted octanol–water partition coefficient (Wildman–Crippen LogP) is 2.41. The molecule has 8 heteroatoms. The van der Waals surface area contributed by atoms with Crippen LogP contribution in [-0.4, -0.2) is 39.2 Å². The number of carbonyl (C=O) groups excluding carboxylic acids is 3. The second kappa shape index (κ2) is 7.82. The van der Waals surface area contributed by atoms with Gasteiger partial charge in [-0.2, -0.15) is 5.10 Å². The van der Waals surface area contributed by atoms with E-state index in [1.165, 1.54) is 0 Å². The maximum atomic E-state index is 12.9. The molecule has 0 spiro atoms. The number of nitrogens with one attached hydrogen (secondary N) is 2. The van der Waals surface area contributed by atoms with E-state index < -0.39 is 17.8 Å². The van der Waals surface area contributed by atoms with E-state index in [1.54, 1.807) is 10.9 Å². The molecule has 0 aliphatic carbocycles. The molecular weight excluding hydrogens is 382 g/mol. The number of hydrazine groups is 1. The number of benzene rings is 2. The SMILES string of the molecule is Cc1ccc(Cn2cc(C(=O)NN3CC(=O)NC3=O)c(-c3ccc(C)cc3)n2)cc1. The zero-order valence-electron chi connectivity index (χ0n) is 16.7. The lowest BCUT2D eigenvalue weighted by Crippen LogP contribution is -2.44. The first kappa shape index (κ1) is 19.4. The number of rotatable bonds is 5. The van der Waals surface area contributed by atoms with E-state index in [4.69, 9.17) is 0 Å². The number of amides is 4. The number of nitrogens with zero attached hydrogens (tertiary/aromatic N) is 3. The van der Waals surface area contributed by atoms with Crippen molar-refractivity contribution in [3.8, 4) is 11.3 Å². The van der Waals surface area contributed by atoms with E-state index in [-0.39, 0.29) is 6.54 Å². The number of urea groups is 1. The highest BCUT2D eigenvalue weighted by Crippen LogP contribution is 2.23. The van der Waals surface area contributed by atoms with Gasteiger partial charge in [-0.05, 0) is 19.4 Å². The Labute approximate surface area is 173 Å². The summed E-state index contributed by atoms with van der Waals surface area (Å²) in [5, 5.41) is 7.72. The van der Waals surface area contributed by atoms with E-state index in [2.05, 4.69) is 15.8 Å². The molecule has 8 nitrogen and oxygen atoms in total. The molecule has 30 heavy (non-hydrogen) atoms. The lowest BCUT2D eigenvalue weighted by Gasteiger charge is -2.14. The average Bonchev–Trinajstić information content (AvgIpc) is 3.27. The third-order valence-corrected chi connectivity index (χ3v) is 4.83. The predicted molar refractivity (Wildman–Crippen MR) is 110 cm³/mol. The normalized spacial score (nSPS) is 13.5. The summed E-state index contributed by atoms with van der Waals surface area (Å²) in [6.45, 7) is 4.28. The molecule has 0 bridgehead atoms. The van der Waals surface area contributed by atoms with Crippen molar-refractivity contribution in [2.24, 2.45) is 0 Å². The molecule has 2 heterocycles. The Bertz CT molecular complexity index is 1120. The first-order chi connectivity index (χ1) is 14.4. The molecule has 152 valence electrons. The van der Waals surface area contributed by atoms with Gasteiger partial charge in [0, 0.05) is 11.8 Å². The van der Waals surface area contributed by atoms with Crippen LogP contribution in [0.25, 0.3) is 11.3 Å². The van der Waals surface area contributed by atoms with Crippen molar-refractivity contribution in [1.29, 1.82) is 0 Å². The van der Waals surface area contributed by atoms with Crippen molar-refractivity contribution in [2.45, 2.75) is 20.4 Å². The molecule has 4 amide bonds. The topological polar surface area (TPSA) is 96.3 Å². The van der Waals surface area contributed by atoms with Crippen LogP contribution in [0.15, 0.2) is 54.7 Å². The Morgan fingerprint density at radius 2 is 1.67 bits per heavy atom. The van der Waals surface area contributed by atoms with Crippen molar-refractivity contribution in [1.82, 2.24) is 25.5 Å². The minimum absolute atomic E-state index is 0.220. The van der Waals surface area contributed by atoms with Crippen molar-refractivity contribution < 1.29 is 14.4 Å². The third kappa shape index (κ3) is 4.07. The Kier molecular flexibility index (Phi) is 5.05. The van der Waals surface area contributed by atoms with Crippen LogP contribution in [0.3, 0.4) is 0 Å². The molecule has 0 unspecified atom stereocenters. The molecule has 0 radical (unpaired) electrons. The number of hydrogen-bond donors (Lipinski definition) is 2. The molecule has 4 rings (SSSR count). The number of carbonyl (C=O) groups is 3. The van der Waals surface area contributed by atoms with E-state index >= 15 is 0 Å².